The van der Waals surface area contributed by atoms with E-state index in [4.69, 9.17) is 0 Å². The number of aromatic nitrogens is 1. The number of nitrogens with zero attached hydrogens (tertiary/aromatic N) is 3. The zero-order chi connectivity index (χ0) is 17.9. The van der Waals surface area contributed by atoms with Crippen molar-refractivity contribution in [3.05, 3.63) is 59.9 Å². The summed E-state index contributed by atoms with van der Waals surface area (Å²) in [5.74, 6) is 0.160. The smallest absolute Gasteiger partial charge is 0.254 e. The first-order chi connectivity index (χ1) is 12.7. The highest BCUT2D eigenvalue weighted by Gasteiger charge is 2.30. The van der Waals surface area contributed by atoms with Crippen molar-refractivity contribution in [2.24, 2.45) is 0 Å². The summed E-state index contributed by atoms with van der Waals surface area (Å²) >= 11 is 0. The van der Waals surface area contributed by atoms with Gasteiger partial charge in [0.15, 0.2) is 0 Å². The number of likely N-dealkylation sites (tertiary alicyclic amines) is 1. The van der Waals surface area contributed by atoms with E-state index in [1.807, 2.05) is 47.4 Å². The first kappa shape index (κ1) is 16.8. The average Bonchev–Trinajstić information content (AvgIpc) is 3.14. The number of carbonyl (C=O) groups is 2. The summed E-state index contributed by atoms with van der Waals surface area (Å²) in [5, 5.41) is 0. The molecule has 2 aliphatic rings. The Kier molecular flexibility index (Phi) is 4.69. The highest BCUT2D eigenvalue weighted by atomic mass is 16.2. The van der Waals surface area contributed by atoms with Crippen LogP contribution in [0.3, 0.4) is 0 Å². The van der Waals surface area contributed by atoms with E-state index >= 15 is 0 Å². The van der Waals surface area contributed by atoms with Crippen molar-refractivity contribution >= 4 is 17.5 Å². The summed E-state index contributed by atoms with van der Waals surface area (Å²) in [6, 6.07) is 13.4. The van der Waals surface area contributed by atoms with Crippen molar-refractivity contribution in [3.8, 4) is 0 Å². The Morgan fingerprint density at radius 2 is 1.96 bits per heavy atom. The summed E-state index contributed by atoms with van der Waals surface area (Å²) in [4.78, 5) is 33.4. The van der Waals surface area contributed by atoms with E-state index in [-0.39, 0.29) is 17.9 Å². The van der Waals surface area contributed by atoms with Gasteiger partial charge in [0, 0.05) is 37.0 Å². The number of hydrogen-bond acceptors (Lipinski definition) is 3. The Morgan fingerprint density at radius 3 is 2.73 bits per heavy atom. The van der Waals surface area contributed by atoms with Gasteiger partial charge in [-0.3, -0.25) is 14.6 Å². The van der Waals surface area contributed by atoms with Gasteiger partial charge in [-0.2, -0.15) is 0 Å². The molecule has 1 aromatic heterocycles. The molecule has 3 heterocycles. The van der Waals surface area contributed by atoms with Gasteiger partial charge in [-0.1, -0.05) is 12.1 Å². The molecule has 1 atom stereocenters. The van der Waals surface area contributed by atoms with Crippen molar-refractivity contribution in [2.45, 2.75) is 38.1 Å². The Morgan fingerprint density at radius 1 is 1.04 bits per heavy atom. The van der Waals surface area contributed by atoms with Gasteiger partial charge in [0.1, 0.15) is 0 Å². The van der Waals surface area contributed by atoms with Crippen LogP contribution in [0.15, 0.2) is 48.7 Å². The SMILES string of the molecule is O=C1CCCN1c1cccc(C(=O)N2CCCCC2c2ccccn2)c1. The van der Waals surface area contributed by atoms with Crippen LogP contribution in [-0.4, -0.2) is 34.8 Å². The minimum atomic E-state index is 0.0221. The predicted molar refractivity (Wildman–Crippen MR) is 99.9 cm³/mol. The molecule has 5 nitrogen and oxygen atoms in total. The van der Waals surface area contributed by atoms with E-state index in [1.165, 1.54) is 0 Å². The van der Waals surface area contributed by atoms with Crippen LogP contribution in [0.2, 0.25) is 0 Å². The number of carbonyl (C=O) groups excluding carboxylic acids is 2. The fourth-order valence-corrected chi connectivity index (χ4v) is 3.95. The topological polar surface area (TPSA) is 53.5 Å². The van der Waals surface area contributed by atoms with E-state index in [1.54, 1.807) is 11.1 Å². The molecule has 2 saturated heterocycles. The van der Waals surface area contributed by atoms with Crippen LogP contribution >= 0.6 is 0 Å². The number of benzene rings is 1. The molecule has 0 saturated carbocycles. The van der Waals surface area contributed by atoms with E-state index in [2.05, 4.69) is 4.98 Å². The maximum absolute atomic E-state index is 13.2. The van der Waals surface area contributed by atoms with Crippen LogP contribution in [0.5, 0.6) is 0 Å². The van der Waals surface area contributed by atoms with E-state index < -0.39 is 0 Å². The molecule has 5 heteroatoms. The summed E-state index contributed by atoms with van der Waals surface area (Å²) < 4.78 is 0. The number of amides is 2. The highest BCUT2D eigenvalue weighted by Crippen LogP contribution is 2.31. The monoisotopic (exact) mass is 349 g/mol. The first-order valence-corrected chi connectivity index (χ1v) is 9.36. The fraction of sp³-hybridized carbons (Fsp3) is 0.381. The van der Waals surface area contributed by atoms with Gasteiger partial charge in [-0.05, 0) is 56.0 Å². The van der Waals surface area contributed by atoms with Crippen molar-refractivity contribution in [3.63, 3.8) is 0 Å². The molecular formula is C21H23N3O2. The van der Waals surface area contributed by atoms with Crippen molar-refractivity contribution in [1.82, 2.24) is 9.88 Å². The molecule has 2 amide bonds. The van der Waals surface area contributed by atoms with Crippen LogP contribution in [0, 0.1) is 0 Å². The maximum atomic E-state index is 13.2. The minimum Gasteiger partial charge on any atom is -0.330 e. The summed E-state index contributed by atoms with van der Waals surface area (Å²) in [7, 11) is 0. The molecule has 0 spiro atoms. The van der Waals surface area contributed by atoms with Crippen LogP contribution in [0.25, 0.3) is 0 Å². The third kappa shape index (κ3) is 3.21. The van der Waals surface area contributed by atoms with Gasteiger partial charge in [0.25, 0.3) is 5.91 Å². The molecule has 2 aliphatic heterocycles. The molecule has 26 heavy (non-hydrogen) atoms. The Balaban J connectivity index is 1.60. The van der Waals surface area contributed by atoms with Gasteiger partial charge in [-0.15, -0.1) is 0 Å². The normalized spacial score (nSPS) is 20.5. The summed E-state index contributed by atoms with van der Waals surface area (Å²) in [6.07, 6.45) is 6.31. The van der Waals surface area contributed by atoms with Gasteiger partial charge < -0.3 is 9.80 Å². The quantitative estimate of drug-likeness (QED) is 0.851. The van der Waals surface area contributed by atoms with E-state index in [0.717, 1.165) is 50.2 Å². The zero-order valence-electron chi connectivity index (χ0n) is 14.8. The number of pyridine rings is 1. The Hall–Kier alpha value is -2.69. The Labute approximate surface area is 153 Å². The molecule has 2 aromatic rings. The standard InChI is InChI=1S/C21H23N3O2/c25-20-11-6-14-23(20)17-8-5-7-16(15-17)21(26)24-13-4-2-10-19(24)18-9-1-3-12-22-18/h1,3,5,7-9,12,15,19H,2,4,6,10-11,13-14H2. The molecule has 0 N–H and O–H groups in total. The molecule has 134 valence electrons. The van der Waals surface area contributed by atoms with Crippen molar-refractivity contribution in [2.75, 3.05) is 18.0 Å². The molecule has 0 bridgehead atoms. The molecule has 4 rings (SSSR count). The van der Waals surface area contributed by atoms with Gasteiger partial charge in [-0.25, -0.2) is 0 Å². The Bertz CT molecular complexity index is 806. The molecule has 1 aromatic carbocycles. The largest absolute Gasteiger partial charge is 0.330 e. The minimum absolute atomic E-state index is 0.0221. The van der Waals surface area contributed by atoms with Gasteiger partial charge >= 0.3 is 0 Å². The first-order valence-electron chi connectivity index (χ1n) is 9.36. The number of rotatable bonds is 3. The molecule has 1 unspecified atom stereocenters. The van der Waals surface area contributed by atoms with Crippen LogP contribution in [-0.2, 0) is 4.79 Å². The maximum Gasteiger partial charge on any atom is 0.254 e. The molecule has 0 aliphatic carbocycles. The lowest BCUT2D eigenvalue weighted by Crippen LogP contribution is -2.39. The van der Waals surface area contributed by atoms with Crippen LogP contribution < -0.4 is 4.90 Å². The second kappa shape index (κ2) is 7.28. The number of piperidine rings is 1. The number of anilines is 1. The van der Waals surface area contributed by atoms with Crippen LogP contribution in [0.4, 0.5) is 5.69 Å². The third-order valence-corrected chi connectivity index (χ3v) is 5.27. The fourth-order valence-electron chi connectivity index (χ4n) is 3.95. The summed E-state index contributed by atoms with van der Waals surface area (Å²) in [5.41, 5.74) is 2.42. The lowest BCUT2D eigenvalue weighted by Gasteiger charge is -2.35. The lowest BCUT2D eigenvalue weighted by atomic mass is 9.97. The third-order valence-electron chi connectivity index (χ3n) is 5.27. The summed E-state index contributed by atoms with van der Waals surface area (Å²) in [6.45, 7) is 1.48. The second-order valence-corrected chi connectivity index (χ2v) is 6.96. The molecule has 0 radical (unpaired) electrons. The van der Waals surface area contributed by atoms with Gasteiger partial charge in [0.05, 0.1) is 11.7 Å². The lowest BCUT2D eigenvalue weighted by molar-refractivity contribution is -0.117. The molecular weight excluding hydrogens is 326 g/mol. The highest BCUT2D eigenvalue weighted by molar-refractivity contribution is 5.99. The van der Waals surface area contributed by atoms with E-state index in [0.29, 0.717) is 12.0 Å². The van der Waals surface area contributed by atoms with Crippen molar-refractivity contribution in [1.29, 1.82) is 0 Å². The van der Waals surface area contributed by atoms with Crippen LogP contribution in [0.1, 0.15) is 54.2 Å². The van der Waals surface area contributed by atoms with E-state index in [9.17, 15) is 9.59 Å². The second-order valence-electron chi connectivity index (χ2n) is 6.96. The average molecular weight is 349 g/mol. The zero-order valence-corrected chi connectivity index (χ0v) is 14.8. The molecule has 2 fully saturated rings. The predicted octanol–water partition coefficient (Wildman–Crippen LogP) is 3.58. The van der Waals surface area contributed by atoms with Gasteiger partial charge in [0.2, 0.25) is 5.91 Å². The van der Waals surface area contributed by atoms with Crippen molar-refractivity contribution < 1.29 is 9.59 Å². The number of hydrogen-bond donors (Lipinski definition) is 0.